The van der Waals surface area contributed by atoms with Crippen molar-refractivity contribution in [3.05, 3.63) is 65.5 Å². The fourth-order valence-electron chi connectivity index (χ4n) is 4.12. The molecule has 5 rings (SSSR count). The zero-order valence-electron chi connectivity index (χ0n) is 17.5. The van der Waals surface area contributed by atoms with Crippen molar-refractivity contribution in [1.82, 2.24) is 4.90 Å². The number of thioether (sulfide) groups is 1. The molecule has 3 heterocycles. The zero-order chi connectivity index (χ0) is 21.2. The maximum atomic E-state index is 13.2. The average molecular weight is 452 g/mol. The van der Waals surface area contributed by atoms with Gasteiger partial charge in [0.15, 0.2) is 0 Å². The van der Waals surface area contributed by atoms with E-state index in [0.717, 1.165) is 59.8 Å². The Hall–Kier alpha value is -2.64. The predicted octanol–water partition coefficient (Wildman–Crippen LogP) is 4.96. The van der Waals surface area contributed by atoms with Gasteiger partial charge in [-0.15, -0.1) is 23.1 Å². The van der Waals surface area contributed by atoms with Crippen LogP contribution in [0.25, 0.3) is 0 Å². The van der Waals surface area contributed by atoms with Crippen LogP contribution in [0.5, 0.6) is 5.75 Å². The third kappa shape index (κ3) is 4.12. The van der Waals surface area contributed by atoms with Gasteiger partial charge in [0.25, 0.3) is 5.91 Å². The molecule has 2 aromatic carbocycles. The van der Waals surface area contributed by atoms with E-state index in [1.54, 1.807) is 18.4 Å². The topological polar surface area (TPSA) is 36.0 Å². The number of hydrogen-bond acceptors (Lipinski definition) is 6. The fraction of sp³-hybridized carbons (Fsp3) is 0.292. The maximum absolute atomic E-state index is 13.2. The number of benzene rings is 2. The summed E-state index contributed by atoms with van der Waals surface area (Å²) in [4.78, 5) is 21.9. The Balaban J connectivity index is 1.26. The highest BCUT2D eigenvalue weighted by Crippen LogP contribution is 2.41. The number of rotatable bonds is 4. The first-order chi connectivity index (χ1) is 15.2. The number of amides is 1. The first-order valence-electron chi connectivity index (χ1n) is 10.5. The molecule has 1 fully saturated rings. The molecular weight excluding hydrogens is 426 g/mol. The smallest absolute Gasteiger partial charge is 0.264 e. The number of hydrogen-bond donors (Lipinski definition) is 0. The number of thiophene rings is 1. The summed E-state index contributed by atoms with van der Waals surface area (Å²) in [6.07, 6.45) is 0. The van der Waals surface area contributed by atoms with Crippen molar-refractivity contribution in [3.63, 3.8) is 0 Å². The second-order valence-corrected chi connectivity index (χ2v) is 9.79. The molecular formula is C24H25N3O2S2. The van der Waals surface area contributed by atoms with Crippen molar-refractivity contribution in [2.75, 3.05) is 55.4 Å². The molecule has 5 nitrogen and oxygen atoms in total. The third-order valence-corrected chi connectivity index (χ3v) is 7.92. The van der Waals surface area contributed by atoms with Gasteiger partial charge in [-0.2, -0.15) is 0 Å². The number of para-hydroxylation sites is 1. The van der Waals surface area contributed by atoms with Gasteiger partial charge < -0.3 is 19.4 Å². The van der Waals surface area contributed by atoms with Crippen LogP contribution in [0.2, 0.25) is 0 Å². The van der Waals surface area contributed by atoms with Gasteiger partial charge in [-0.25, -0.2) is 0 Å². The van der Waals surface area contributed by atoms with E-state index in [2.05, 4.69) is 52.3 Å². The number of piperazine rings is 1. The quantitative estimate of drug-likeness (QED) is 0.560. The number of ether oxygens (including phenoxy) is 1. The Morgan fingerprint density at radius 1 is 0.935 bits per heavy atom. The van der Waals surface area contributed by atoms with Crippen molar-refractivity contribution in [3.8, 4) is 5.75 Å². The second kappa shape index (κ2) is 8.85. The number of carbonyl (C=O) groups excluding carboxylic acids is 1. The van der Waals surface area contributed by atoms with Crippen molar-refractivity contribution in [2.45, 2.75) is 4.90 Å². The van der Waals surface area contributed by atoms with Crippen LogP contribution in [-0.2, 0) is 0 Å². The molecule has 7 heteroatoms. The Labute approximate surface area is 191 Å². The normalized spacial score (nSPS) is 16.2. The first kappa shape index (κ1) is 20.3. The number of nitrogens with zero attached hydrogens (tertiary/aromatic N) is 3. The minimum Gasteiger partial charge on any atom is -0.497 e. The minimum atomic E-state index is 0.140. The van der Waals surface area contributed by atoms with Crippen molar-refractivity contribution >= 4 is 45.4 Å². The Morgan fingerprint density at radius 2 is 1.77 bits per heavy atom. The highest BCUT2D eigenvalue weighted by molar-refractivity contribution is 7.99. The molecule has 0 bridgehead atoms. The lowest BCUT2D eigenvalue weighted by Gasteiger charge is -2.36. The lowest BCUT2D eigenvalue weighted by atomic mass is 10.2. The average Bonchev–Trinajstić information content (AvgIpc) is 3.33. The van der Waals surface area contributed by atoms with Crippen LogP contribution in [0, 0.1) is 0 Å². The molecule has 3 aromatic rings. The van der Waals surface area contributed by atoms with Gasteiger partial charge in [-0.1, -0.05) is 18.2 Å². The van der Waals surface area contributed by atoms with E-state index in [0.29, 0.717) is 0 Å². The lowest BCUT2D eigenvalue weighted by molar-refractivity contribution is 0.0751. The molecule has 2 aliphatic rings. The van der Waals surface area contributed by atoms with Crippen molar-refractivity contribution in [2.24, 2.45) is 0 Å². The van der Waals surface area contributed by atoms with Crippen molar-refractivity contribution in [1.29, 1.82) is 0 Å². The molecule has 0 unspecified atom stereocenters. The van der Waals surface area contributed by atoms with E-state index in [1.807, 2.05) is 34.9 Å². The Bertz CT molecular complexity index is 1080. The summed E-state index contributed by atoms with van der Waals surface area (Å²) in [5.41, 5.74) is 2.39. The summed E-state index contributed by atoms with van der Waals surface area (Å²) in [7, 11) is 1.69. The van der Waals surface area contributed by atoms with E-state index in [1.165, 1.54) is 10.6 Å². The number of fused-ring (bicyclic) bond motifs is 1. The van der Waals surface area contributed by atoms with Gasteiger partial charge in [0.1, 0.15) is 5.75 Å². The summed E-state index contributed by atoms with van der Waals surface area (Å²) in [6.45, 7) is 4.08. The molecule has 1 amide bonds. The van der Waals surface area contributed by atoms with Gasteiger partial charge in [-0.3, -0.25) is 4.79 Å². The molecule has 31 heavy (non-hydrogen) atoms. The summed E-state index contributed by atoms with van der Waals surface area (Å²) < 4.78 is 5.34. The van der Waals surface area contributed by atoms with E-state index in [4.69, 9.17) is 4.74 Å². The molecule has 1 saturated heterocycles. The Kier molecular flexibility index (Phi) is 5.78. The molecule has 1 aromatic heterocycles. The van der Waals surface area contributed by atoms with Crippen LogP contribution >= 0.6 is 23.1 Å². The van der Waals surface area contributed by atoms with Crippen LogP contribution in [0.3, 0.4) is 0 Å². The predicted molar refractivity (Wildman–Crippen MR) is 130 cm³/mol. The van der Waals surface area contributed by atoms with Crippen LogP contribution < -0.4 is 14.5 Å². The summed E-state index contributed by atoms with van der Waals surface area (Å²) in [5.74, 6) is 2.06. The molecule has 0 aliphatic carbocycles. The number of carbonyl (C=O) groups is 1. The highest BCUT2D eigenvalue weighted by Gasteiger charge is 2.25. The van der Waals surface area contributed by atoms with E-state index < -0.39 is 0 Å². The van der Waals surface area contributed by atoms with Gasteiger partial charge in [0, 0.05) is 55.1 Å². The van der Waals surface area contributed by atoms with E-state index in [9.17, 15) is 4.79 Å². The van der Waals surface area contributed by atoms with E-state index in [-0.39, 0.29) is 5.91 Å². The van der Waals surface area contributed by atoms with Crippen LogP contribution in [0.15, 0.2) is 65.6 Å². The monoisotopic (exact) mass is 451 g/mol. The van der Waals surface area contributed by atoms with Gasteiger partial charge in [0.2, 0.25) is 0 Å². The summed E-state index contributed by atoms with van der Waals surface area (Å²) >= 11 is 3.50. The second-order valence-electron chi connectivity index (χ2n) is 7.59. The van der Waals surface area contributed by atoms with Crippen LogP contribution in [0.1, 0.15) is 9.67 Å². The third-order valence-electron chi connectivity index (χ3n) is 5.78. The molecule has 160 valence electrons. The lowest BCUT2D eigenvalue weighted by Crippen LogP contribution is -2.48. The largest absolute Gasteiger partial charge is 0.497 e. The molecule has 0 saturated carbocycles. The van der Waals surface area contributed by atoms with Crippen LogP contribution in [0.4, 0.5) is 16.4 Å². The van der Waals surface area contributed by atoms with Gasteiger partial charge in [-0.05, 0) is 36.4 Å². The van der Waals surface area contributed by atoms with Crippen LogP contribution in [-0.4, -0.2) is 56.4 Å². The standard InChI is InChI=1S/C24H25N3O2S2/c1-29-19-6-4-5-18(17-19)25-11-13-26(14-12-25)24(28)22-9-10-23(31-22)27-15-16-30-21-8-3-2-7-20(21)27/h2-10,17H,11-16H2,1H3. The maximum Gasteiger partial charge on any atom is 0.264 e. The first-order valence-corrected chi connectivity index (χ1v) is 12.3. The molecule has 0 N–H and O–H groups in total. The van der Waals surface area contributed by atoms with E-state index >= 15 is 0 Å². The van der Waals surface area contributed by atoms with Gasteiger partial charge >= 0.3 is 0 Å². The SMILES string of the molecule is COc1cccc(N2CCN(C(=O)c3ccc(N4CCSc5ccccc54)s3)CC2)c1. The molecule has 2 aliphatic heterocycles. The number of anilines is 3. The zero-order valence-corrected chi connectivity index (χ0v) is 19.1. The summed E-state index contributed by atoms with van der Waals surface area (Å²) in [5, 5.41) is 1.14. The van der Waals surface area contributed by atoms with Crippen molar-refractivity contribution < 1.29 is 9.53 Å². The highest BCUT2D eigenvalue weighted by atomic mass is 32.2. The summed E-state index contributed by atoms with van der Waals surface area (Å²) in [6, 6.07) is 20.7. The van der Waals surface area contributed by atoms with Gasteiger partial charge in [0.05, 0.1) is 22.7 Å². The number of methoxy groups -OCH3 is 1. The minimum absolute atomic E-state index is 0.140. The molecule has 0 spiro atoms. The Morgan fingerprint density at radius 3 is 2.61 bits per heavy atom. The molecule has 0 atom stereocenters. The fourth-order valence-corrected chi connectivity index (χ4v) is 6.13. The molecule has 0 radical (unpaired) electrons.